The molecule has 0 saturated heterocycles. The third kappa shape index (κ3) is 4.68. The van der Waals surface area contributed by atoms with Crippen LogP contribution in [0.3, 0.4) is 0 Å². The molecule has 0 bridgehead atoms. The molecule has 2 N–H and O–H groups in total. The van der Waals surface area contributed by atoms with Gasteiger partial charge in [-0.15, -0.1) is 0 Å². The van der Waals surface area contributed by atoms with Crippen molar-refractivity contribution in [3.05, 3.63) is 48.0 Å². The van der Waals surface area contributed by atoms with Crippen LogP contribution in [-0.2, 0) is 17.8 Å². The van der Waals surface area contributed by atoms with E-state index in [4.69, 9.17) is 5.73 Å². The highest BCUT2D eigenvalue weighted by atomic mass is 32.2. The molecule has 19 heavy (non-hydrogen) atoms. The average Bonchev–Trinajstić information content (AvgIpc) is 2.46. The van der Waals surface area contributed by atoms with Crippen LogP contribution < -0.4 is 5.73 Å². The van der Waals surface area contributed by atoms with Crippen molar-refractivity contribution in [3.8, 4) is 0 Å². The fourth-order valence-electron chi connectivity index (χ4n) is 1.51. The zero-order chi connectivity index (χ0) is 14.3. The summed E-state index contributed by atoms with van der Waals surface area (Å²) >= 11 is -2.40. The summed E-state index contributed by atoms with van der Waals surface area (Å²) in [5.74, 6) is 0. The monoisotopic (exact) mass is 283 g/mol. The van der Waals surface area contributed by atoms with Gasteiger partial charge in [-0.2, -0.15) is 0 Å². The first-order valence-electron chi connectivity index (χ1n) is 5.63. The van der Waals surface area contributed by atoms with Gasteiger partial charge in [0.2, 0.25) is 0 Å². The quantitative estimate of drug-likeness (QED) is 0.691. The van der Waals surface area contributed by atoms with Gasteiger partial charge in [-0.05, 0) is 16.3 Å². The van der Waals surface area contributed by atoms with Crippen LogP contribution >= 0.6 is 0 Å². The molecule has 0 heterocycles. The third-order valence-electron chi connectivity index (χ3n) is 2.52. The first-order valence-corrected chi connectivity index (χ1v) is 6.66. The molecule has 0 aliphatic heterocycles. The summed E-state index contributed by atoms with van der Waals surface area (Å²) in [6.45, 7) is -0.350. The molecule has 0 radical (unpaired) electrons. The van der Waals surface area contributed by atoms with E-state index in [-0.39, 0.29) is 0 Å². The predicted molar refractivity (Wildman–Crippen MR) is 74.5 cm³/mol. The SMILES string of the molecule is CN(CF)S(=O)[O-].NCc1cccc2ccccc12. The lowest BCUT2D eigenvalue weighted by Crippen LogP contribution is -2.18. The topological polar surface area (TPSA) is 69.4 Å². The Morgan fingerprint density at radius 3 is 2.42 bits per heavy atom. The van der Waals surface area contributed by atoms with Gasteiger partial charge in [-0.3, -0.25) is 4.21 Å². The second-order valence-corrected chi connectivity index (χ2v) is 4.86. The second-order valence-electron chi connectivity index (χ2n) is 3.81. The molecule has 0 saturated carbocycles. The Balaban J connectivity index is 0.000000224. The lowest BCUT2D eigenvalue weighted by Gasteiger charge is -2.12. The van der Waals surface area contributed by atoms with Gasteiger partial charge < -0.3 is 10.3 Å². The van der Waals surface area contributed by atoms with Crippen LogP contribution in [0.25, 0.3) is 10.8 Å². The van der Waals surface area contributed by atoms with E-state index < -0.39 is 18.1 Å². The Labute approximate surface area is 114 Å². The van der Waals surface area contributed by atoms with E-state index in [0.717, 1.165) is 7.05 Å². The molecule has 0 amide bonds. The molecule has 0 aromatic heterocycles. The number of benzene rings is 2. The minimum absolute atomic E-state index is 0.542. The second kappa shape index (κ2) is 7.96. The van der Waals surface area contributed by atoms with Crippen LogP contribution in [0.2, 0.25) is 0 Å². The van der Waals surface area contributed by atoms with E-state index in [0.29, 0.717) is 10.8 Å². The standard InChI is InChI=1S/C11H11N.C2H6FNO2S/c12-8-10-6-3-5-9-4-1-2-7-11(9)10;1-4(2-3)7(5)6/h1-7H,8,12H2;2H2,1H3,(H,5,6)/p-1. The van der Waals surface area contributed by atoms with E-state index in [1.165, 1.54) is 16.3 Å². The minimum atomic E-state index is -2.40. The summed E-state index contributed by atoms with van der Waals surface area (Å²) in [6, 6.07) is 14.5. The van der Waals surface area contributed by atoms with Gasteiger partial charge in [0.1, 0.15) is 0 Å². The molecule has 0 aliphatic carbocycles. The maximum atomic E-state index is 11.2. The predicted octanol–water partition coefficient (Wildman–Crippen LogP) is 1.94. The van der Waals surface area contributed by atoms with Gasteiger partial charge in [0.15, 0.2) is 6.80 Å². The number of rotatable bonds is 3. The molecule has 1 unspecified atom stereocenters. The maximum absolute atomic E-state index is 11.2. The molecule has 2 aromatic carbocycles. The zero-order valence-corrected chi connectivity index (χ0v) is 11.4. The first-order chi connectivity index (χ1) is 9.10. The number of nitrogens with two attached hydrogens (primary N) is 1. The highest BCUT2D eigenvalue weighted by molar-refractivity contribution is 7.76. The van der Waals surface area contributed by atoms with Crippen molar-refractivity contribution in [1.29, 1.82) is 0 Å². The van der Waals surface area contributed by atoms with Crippen LogP contribution in [0.1, 0.15) is 5.56 Å². The summed E-state index contributed by atoms with van der Waals surface area (Å²) in [6.07, 6.45) is 0. The zero-order valence-electron chi connectivity index (χ0n) is 10.6. The molecule has 1 atom stereocenters. The van der Waals surface area contributed by atoms with Crippen molar-refractivity contribution in [3.63, 3.8) is 0 Å². The van der Waals surface area contributed by atoms with Crippen molar-refractivity contribution >= 4 is 22.0 Å². The lowest BCUT2D eigenvalue weighted by atomic mass is 10.1. The number of alkyl halides is 1. The minimum Gasteiger partial charge on any atom is -0.760 e. The van der Waals surface area contributed by atoms with Crippen LogP contribution in [0.4, 0.5) is 4.39 Å². The fraction of sp³-hybridized carbons (Fsp3) is 0.231. The van der Waals surface area contributed by atoms with Gasteiger partial charge in [-0.25, -0.2) is 8.70 Å². The number of nitrogens with zero attached hydrogens (tertiary/aromatic N) is 1. The number of hydrogen-bond donors (Lipinski definition) is 1. The first kappa shape index (κ1) is 15.7. The van der Waals surface area contributed by atoms with Gasteiger partial charge >= 0.3 is 0 Å². The van der Waals surface area contributed by atoms with Crippen molar-refractivity contribution in [2.24, 2.45) is 5.73 Å². The fourth-order valence-corrected chi connectivity index (χ4v) is 1.59. The lowest BCUT2D eigenvalue weighted by molar-refractivity contribution is 0.317. The van der Waals surface area contributed by atoms with Gasteiger partial charge in [-0.1, -0.05) is 42.5 Å². The van der Waals surface area contributed by atoms with Gasteiger partial charge in [0, 0.05) is 24.9 Å². The molecule has 6 heteroatoms. The van der Waals surface area contributed by atoms with E-state index in [1.54, 1.807) is 0 Å². The van der Waals surface area contributed by atoms with Crippen molar-refractivity contribution in [2.75, 3.05) is 13.8 Å². The molecule has 4 nitrogen and oxygen atoms in total. The van der Waals surface area contributed by atoms with E-state index in [9.17, 15) is 13.2 Å². The third-order valence-corrected chi connectivity index (χ3v) is 3.13. The molecule has 0 fully saturated rings. The molecule has 2 rings (SSSR count). The van der Waals surface area contributed by atoms with Crippen LogP contribution in [-0.4, -0.2) is 26.9 Å². The summed E-state index contributed by atoms with van der Waals surface area (Å²) in [7, 11) is 1.14. The van der Waals surface area contributed by atoms with E-state index >= 15 is 0 Å². The number of fused-ring (bicyclic) bond motifs is 1. The summed E-state index contributed by atoms with van der Waals surface area (Å²) < 4.78 is 30.9. The highest BCUT2D eigenvalue weighted by Crippen LogP contribution is 2.17. The molecule has 0 spiro atoms. The smallest absolute Gasteiger partial charge is 0.152 e. The largest absolute Gasteiger partial charge is 0.760 e. The molecule has 2 aromatic rings. The average molecular weight is 283 g/mol. The number of halogens is 1. The molecule has 0 aliphatic rings. The van der Waals surface area contributed by atoms with E-state index in [1.807, 2.05) is 18.2 Å². The summed E-state index contributed by atoms with van der Waals surface area (Å²) in [5.41, 5.74) is 6.83. The Bertz CT molecular complexity index is 546. The number of hydrogen-bond acceptors (Lipinski definition) is 3. The van der Waals surface area contributed by atoms with Crippen molar-refractivity contribution < 1.29 is 13.2 Å². The van der Waals surface area contributed by atoms with E-state index in [2.05, 4.69) is 24.3 Å². The van der Waals surface area contributed by atoms with Crippen molar-refractivity contribution in [1.82, 2.24) is 4.31 Å². The summed E-state index contributed by atoms with van der Waals surface area (Å²) in [5, 5.41) is 2.53. The highest BCUT2D eigenvalue weighted by Gasteiger charge is 1.95. The Kier molecular flexibility index (Phi) is 6.58. The summed E-state index contributed by atoms with van der Waals surface area (Å²) in [4.78, 5) is 0. The Morgan fingerprint density at radius 2 is 1.89 bits per heavy atom. The molecular weight excluding hydrogens is 267 g/mol. The maximum Gasteiger partial charge on any atom is 0.152 e. The van der Waals surface area contributed by atoms with Crippen molar-refractivity contribution in [2.45, 2.75) is 6.54 Å². The van der Waals surface area contributed by atoms with Crippen LogP contribution in [0.5, 0.6) is 0 Å². The van der Waals surface area contributed by atoms with Gasteiger partial charge in [0.05, 0.1) is 0 Å². The Hall–Kier alpha value is -1.34. The normalized spacial score (nSPS) is 12.1. The Morgan fingerprint density at radius 1 is 1.26 bits per heavy atom. The van der Waals surface area contributed by atoms with Crippen LogP contribution in [0, 0.1) is 0 Å². The molecular formula is C13H16FN2O2S-. The molecule has 104 valence electrons. The van der Waals surface area contributed by atoms with Gasteiger partial charge in [0.25, 0.3) is 0 Å². The van der Waals surface area contributed by atoms with Crippen LogP contribution in [0.15, 0.2) is 42.5 Å².